The van der Waals surface area contributed by atoms with Gasteiger partial charge in [0.15, 0.2) is 0 Å². The molecule has 2 nitrogen and oxygen atoms in total. The van der Waals surface area contributed by atoms with E-state index < -0.39 is 11.6 Å². The highest BCUT2D eigenvalue weighted by molar-refractivity contribution is 6.33. The molecule has 0 fully saturated rings. The maximum absolute atomic E-state index is 10.6. The van der Waals surface area contributed by atoms with Gasteiger partial charge in [0.05, 0.1) is 6.10 Å². The highest BCUT2D eigenvalue weighted by atomic mass is 35.5. The van der Waals surface area contributed by atoms with Gasteiger partial charge in [0, 0.05) is 21.1 Å². The third-order valence-electron chi connectivity index (χ3n) is 3.50. The number of hydrogen-bond acceptors (Lipinski definition) is 2. The van der Waals surface area contributed by atoms with Crippen molar-refractivity contribution in [2.24, 2.45) is 0 Å². The molecule has 0 radical (unpaired) electrons. The fourth-order valence-electron chi connectivity index (χ4n) is 2.32. The quantitative estimate of drug-likeness (QED) is 0.880. The van der Waals surface area contributed by atoms with Crippen LogP contribution < -0.4 is 0 Å². The third-order valence-corrected chi connectivity index (χ3v) is 4.08. The van der Waals surface area contributed by atoms with E-state index in [-0.39, 0.29) is 0 Å². The van der Waals surface area contributed by atoms with E-state index in [0.29, 0.717) is 15.6 Å². The first-order valence-electron chi connectivity index (χ1n) is 6.22. The van der Waals surface area contributed by atoms with Crippen molar-refractivity contribution in [3.05, 3.63) is 33.8 Å². The Morgan fingerprint density at radius 2 is 1.78 bits per heavy atom. The fourth-order valence-corrected chi connectivity index (χ4v) is 2.72. The van der Waals surface area contributed by atoms with Gasteiger partial charge in [-0.3, -0.25) is 4.90 Å². The summed E-state index contributed by atoms with van der Waals surface area (Å²) in [6.45, 7) is 9.94. The van der Waals surface area contributed by atoms with Crippen LogP contribution >= 0.6 is 23.2 Å². The minimum Gasteiger partial charge on any atom is -0.386 e. The molecule has 102 valence electrons. The van der Waals surface area contributed by atoms with Crippen LogP contribution in [-0.2, 0) is 0 Å². The molecule has 1 unspecified atom stereocenters. The summed E-state index contributed by atoms with van der Waals surface area (Å²) in [5, 5.41) is 11.7. The third kappa shape index (κ3) is 3.18. The van der Waals surface area contributed by atoms with E-state index >= 15 is 0 Å². The van der Waals surface area contributed by atoms with Gasteiger partial charge in [0.25, 0.3) is 0 Å². The number of aliphatic hydroxyl groups is 1. The molecular formula is C14H21Cl2NO. The van der Waals surface area contributed by atoms with Crippen LogP contribution in [0.25, 0.3) is 0 Å². The molecule has 0 spiro atoms. The SMILES string of the molecule is CCN(CC)C(C)(C)C(O)c1cc(Cl)ccc1Cl. The molecule has 1 atom stereocenters. The van der Waals surface area contributed by atoms with Gasteiger partial charge in [-0.2, -0.15) is 0 Å². The molecule has 1 aromatic carbocycles. The molecular weight excluding hydrogens is 269 g/mol. The van der Waals surface area contributed by atoms with E-state index in [1.807, 2.05) is 13.8 Å². The normalized spacial score (nSPS) is 14.0. The molecule has 1 rings (SSSR count). The Morgan fingerprint density at radius 1 is 1.22 bits per heavy atom. The van der Waals surface area contributed by atoms with Gasteiger partial charge in [-0.1, -0.05) is 37.0 Å². The summed E-state index contributed by atoms with van der Waals surface area (Å²) in [5.74, 6) is 0. The average Bonchev–Trinajstić information content (AvgIpc) is 2.32. The maximum atomic E-state index is 10.6. The lowest BCUT2D eigenvalue weighted by Crippen LogP contribution is -2.48. The van der Waals surface area contributed by atoms with Crippen LogP contribution in [0.4, 0.5) is 0 Å². The lowest BCUT2D eigenvalue weighted by Gasteiger charge is -2.41. The molecule has 0 heterocycles. The summed E-state index contributed by atoms with van der Waals surface area (Å²) in [6.07, 6.45) is -0.677. The minimum atomic E-state index is -0.677. The zero-order valence-electron chi connectivity index (χ0n) is 11.4. The maximum Gasteiger partial charge on any atom is 0.0983 e. The molecule has 0 aliphatic carbocycles. The van der Waals surface area contributed by atoms with Crippen molar-refractivity contribution in [3.63, 3.8) is 0 Å². The van der Waals surface area contributed by atoms with Gasteiger partial charge in [0.2, 0.25) is 0 Å². The summed E-state index contributed by atoms with van der Waals surface area (Å²) in [5.41, 5.74) is 0.290. The molecule has 0 saturated heterocycles. The van der Waals surface area contributed by atoms with Crippen molar-refractivity contribution in [1.29, 1.82) is 0 Å². The van der Waals surface area contributed by atoms with Crippen LogP contribution in [-0.4, -0.2) is 28.6 Å². The van der Waals surface area contributed by atoms with Gasteiger partial charge < -0.3 is 5.11 Å². The van der Waals surface area contributed by atoms with Crippen LogP contribution in [0.3, 0.4) is 0 Å². The molecule has 0 bridgehead atoms. The first-order chi connectivity index (χ1) is 8.34. The molecule has 1 aromatic rings. The predicted octanol–water partition coefficient (Wildman–Crippen LogP) is 4.15. The summed E-state index contributed by atoms with van der Waals surface area (Å²) >= 11 is 12.1. The largest absolute Gasteiger partial charge is 0.386 e. The van der Waals surface area contributed by atoms with Crippen molar-refractivity contribution in [1.82, 2.24) is 4.90 Å². The van der Waals surface area contributed by atoms with Crippen LogP contribution in [0, 0.1) is 0 Å². The Bertz CT molecular complexity index is 403. The summed E-state index contributed by atoms with van der Waals surface area (Å²) in [7, 11) is 0. The van der Waals surface area contributed by atoms with Crippen molar-refractivity contribution in [2.45, 2.75) is 39.3 Å². The van der Waals surface area contributed by atoms with E-state index in [9.17, 15) is 5.11 Å². The van der Waals surface area contributed by atoms with Crippen LogP contribution in [0.15, 0.2) is 18.2 Å². The molecule has 0 aliphatic rings. The zero-order valence-corrected chi connectivity index (χ0v) is 12.9. The van der Waals surface area contributed by atoms with E-state index in [1.165, 1.54) is 0 Å². The number of halogens is 2. The molecule has 0 amide bonds. The molecule has 4 heteroatoms. The van der Waals surface area contributed by atoms with Crippen molar-refractivity contribution in [3.8, 4) is 0 Å². The van der Waals surface area contributed by atoms with Crippen molar-refractivity contribution in [2.75, 3.05) is 13.1 Å². The van der Waals surface area contributed by atoms with Gasteiger partial charge in [-0.25, -0.2) is 0 Å². The smallest absolute Gasteiger partial charge is 0.0983 e. The zero-order chi connectivity index (χ0) is 13.9. The Kier molecular flexibility index (Phi) is 5.47. The number of rotatable bonds is 5. The summed E-state index contributed by atoms with van der Waals surface area (Å²) in [4.78, 5) is 2.20. The second kappa shape index (κ2) is 6.25. The minimum absolute atomic E-state index is 0.391. The van der Waals surface area contributed by atoms with Gasteiger partial charge in [0.1, 0.15) is 0 Å². The lowest BCUT2D eigenvalue weighted by atomic mass is 9.89. The predicted molar refractivity (Wildman–Crippen MR) is 78.4 cm³/mol. The first kappa shape index (κ1) is 15.8. The monoisotopic (exact) mass is 289 g/mol. The number of hydrogen-bond donors (Lipinski definition) is 1. The highest BCUT2D eigenvalue weighted by Gasteiger charge is 2.34. The van der Waals surface area contributed by atoms with Gasteiger partial charge in [-0.15, -0.1) is 0 Å². The second-order valence-corrected chi connectivity index (χ2v) is 5.74. The van der Waals surface area contributed by atoms with Crippen LogP contribution in [0.2, 0.25) is 10.0 Å². The molecule has 0 saturated carbocycles. The number of benzene rings is 1. The topological polar surface area (TPSA) is 23.5 Å². The van der Waals surface area contributed by atoms with Crippen molar-refractivity contribution >= 4 is 23.2 Å². The second-order valence-electron chi connectivity index (χ2n) is 4.89. The lowest BCUT2D eigenvalue weighted by molar-refractivity contribution is -0.00620. The highest BCUT2D eigenvalue weighted by Crippen LogP contribution is 2.35. The number of nitrogens with zero attached hydrogens (tertiary/aromatic N) is 1. The molecule has 1 N–H and O–H groups in total. The fraction of sp³-hybridized carbons (Fsp3) is 0.571. The van der Waals surface area contributed by atoms with Crippen LogP contribution in [0.1, 0.15) is 39.4 Å². The van der Waals surface area contributed by atoms with Gasteiger partial charge >= 0.3 is 0 Å². The summed E-state index contributed by atoms with van der Waals surface area (Å²) < 4.78 is 0. The van der Waals surface area contributed by atoms with E-state index in [0.717, 1.165) is 13.1 Å². The average molecular weight is 290 g/mol. The molecule has 18 heavy (non-hydrogen) atoms. The van der Waals surface area contributed by atoms with E-state index in [1.54, 1.807) is 18.2 Å². The van der Waals surface area contributed by atoms with Crippen LogP contribution in [0.5, 0.6) is 0 Å². The number of aliphatic hydroxyl groups excluding tert-OH is 1. The number of likely N-dealkylation sites (N-methyl/N-ethyl adjacent to an activating group) is 1. The van der Waals surface area contributed by atoms with Crippen molar-refractivity contribution < 1.29 is 5.11 Å². The van der Waals surface area contributed by atoms with E-state index in [4.69, 9.17) is 23.2 Å². The Morgan fingerprint density at radius 3 is 2.28 bits per heavy atom. The van der Waals surface area contributed by atoms with Gasteiger partial charge in [-0.05, 0) is 45.1 Å². The van der Waals surface area contributed by atoms with E-state index in [2.05, 4.69) is 18.7 Å². The molecule has 0 aliphatic heterocycles. The first-order valence-corrected chi connectivity index (χ1v) is 6.98. The summed E-state index contributed by atoms with van der Waals surface area (Å²) in [6, 6.07) is 5.19. The molecule has 0 aromatic heterocycles. The Balaban J connectivity index is 3.12. The Labute approximate surface area is 120 Å². The Hall–Kier alpha value is -0.280. The standard InChI is InChI=1S/C14H21Cl2NO/c1-5-17(6-2)14(3,4)13(18)11-9-10(15)7-8-12(11)16/h7-9,13,18H,5-6H2,1-4H3.